The number of aromatic carboxylic acids is 1. The number of aryl methyl sites for hydroxylation is 2. The lowest BCUT2D eigenvalue weighted by Crippen LogP contribution is -2.31. The van der Waals surface area contributed by atoms with Crippen molar-refractivity contribution < 1.29 is 24.5 Å². The molecule has 2 aromatic rings. The number of hydrogen-bond donors (Lipinski definition) is 3. The van der Waals surface area contributed by atoms with Crippen LogP contribution in [0.1, 0.15) is 48.2 Å². The summed E-state index contributed by atoms with van der Waals surface area (Å²) in [6, 6.07) is 10.3. The maximum atomic E-state index is 12.6. The SMILES string of the molecule is Cc1ccc(C)c(OCCCC(C)(C)C(=O)Nc2cccc(C(=O)O)c2O)c1. The third-order valence-corrected chi connectivity index (χ3v) is 4.68. The highest BCUT2D eigenvalue weighted by Crippen LogP contribution is 2.31. The predicted octanol–water partition coefficient (Wildman–Crippen LogP) is 4.53. The van der Waals surface area contributed by atoms with Crippen molar-refractivity contribution in [1.82, 2.24) is 0 Å². The number of carbonyl (C=O) groups excluding carboxylic acids is 1. The lowest BCUT2D eigenvalue weighted by atomic mass is 9.86. The third kappa shape index (κ3) is 5.25. The lowest BCUT2D eigenvalue weighted by molar-refractivity contribution is -0.124. The van der Waals surface area contributed by atoms with E-state index in [-0.39, 0.29) is 17.2 Å². The van der Waals surface area contributed by atoms with Gasteiger partial charge in [0, 0.05) is 5.41 Å². The van der Waals surface area contributed by atoms with E-state index in [9.17, 15) is 14.7 Å². The maximum Gasteiger partial charge on any atom is 0.339 e. The lowest BCUT2D eigenvalue weighted by Gasteiger charge is -2.24. The molecule has 1 amide bonds. The van der Waals surface area contributed by atoms with Gasteiger partial charge in [-0.1, -0.05) is 32.0 Å². The molecule has 0 heterocycles. The van der Waals surface area contributed by atoms with E-state index in [4.69, 9.17) is 9.84 Å². The van der Waals surface area contributed by atoms with E-state index in [1.165, 1.54) is 18.2 Å². The van der Waals surface area contributed by atoms with E-state index in [0.29, 0.717) is 19.4 Å². The summed E-state index contributed by atoms with van der Waals surface area (Å²) in [7, 11) is 0. The monoisotopic (exact) mass is 385 g/mol. The van der Waals surface area contributed by atoms with Crippen molar-refractivity contribution in [3.8, 4) is 11.5 Å². The Kier molecular flexibility index (Phi) is 6.67. The normalized spacial score (nSPS) is 11.1. The molecule has 28 heavy (non-hydrogen) atoms. The summed E-state index contributed by atoms with van der Waals surface area (Å²) in [5, 5.41) is 21.7. The summed E-state index contributed by atoms with van der Waals surface area (Å²) < 4.78 is 5.84. The second-order valence-corrected chi connectivity index (χ2v) is 7.57. The molecule has 0 radical (unpaired) electrons. The first kappa shape index (κ1) is 21.3. The number of phenols is 1. The first-order valence-corrected chi connectivity index (χ1v) is 9.18. The third-order valence-electron chi connectivity index (χ3n) is 4.68. The number of nitrogens with one attached hydrogen (secondary N) is 1. The highest BCUT2D eigenvalue weighted by molar-refractivity contribution is 5.99. The van der Waals surface area contributed by atoms with Gasteiger partial charge in [0.15, 0.2) is 5.75 Å². The number of carbonyl (C=O) groups is 2. The van der Waals surface area contributed by atoms with Crippen LogP contribution in [0.4, 0.5) is 5.69 Å². The van der Waals surface area contributed by atoms with E-state index in [0.717, 1.165) is 16.9 Å². The Balaban J connectivity index is 1.93. The summed E-state index contributed by atoms with van der Waals surface area (Å²) >= 11 is 0. The van der Waals surface area contributed by atoms with Crippen molar-refractivity contribution >= 4 is 17.6 Å². The van der Waals surface area contributed by atoms with Crippen LogP contribution in [0.15, 0.2) is 36.4 Å². The molecule has 0 aliphatic rings. The second kappa shape index (κ2) is 8.78. The molecule has 0 aliphatic heterocycles. The van der Waals surface area contributed by atoms with E-state index < -0.39 is 17.1 Å². The number of aromatic hydroxyl groups is 1. The largest absolute Gasteiger partial charge is 0.505 e. The molecular weight excluding hydrogens is 358 g/mol. The molecule has 3 N–H and O–H groups in total. The van der Waals surface area contributed by atoms with Crippen molar-refractivity contribution in [1.29, 1.82) is 0 Å². The Bertz CT molecular complexity index is 873. The van der Waals surface area contributed by atoms with Crippen LogP contribution in [0.5, 0.6) is 11.5 Å². The van der Waals surface area contributed by atoms with Crippen molar-refractivity contribution in [3.05, 3.63) is 53.1 Å². The van der Waals surface area contributed by atoms with Crippen LogP contribution in [0.2, 0.25) is 0 Å². The molecule has 6 nitrogen and oxygen atoms in total. The first-order chi connectivity index (χ1) is 13.1. The summed E-state index contributed by atoms with van der Waals surface area (Å²) in [4.78, 5) is 23.7. The number of hydrogen-bond acceptors (Lipinski definition) is 4. The van der Waals surface area contributed by atoms with Crippen molar-refractivity contribution in [2.75, 3.05) is 11.9 Å². The number of carboxylic acids is 1. The number of carboxylic acid groups (broad SMARTS) is 1. The average Bonchev–Trinajstić information content (AvgIpc) is 2.62. The predicted molar refractivity (Wildman–Crippen MR) is 108 cm³/mol. The number of benzene rings is 2. The Labute approximate surface area is 165 Å². The van der Waals surface area contributed by atoms with E-state index >= 15 is 0 Å². The summed E-state index contributed by atoms with van der Waals surface area (Å²) in [6.07, 6.45) is 1.25. The highest BCUT2D eigenvalue weighted by atomic mass is 16.5. The maximum absolute atomic E-state index is 12.6. The topological polar surface area (TPSA) is 95.9 Å². The molecule has 0 unspecified atom stereocenters. The average molecular weight is 385 g/mol. The van der Waals surface area contributed by atoms with Crippen molar-refractivity contribution in [3.63, 3.8) is 0 Å². The molecule has 0 bridgehead atoms. The minimum Gasteiger partial charge on any atom is -0.505 e. The van der Waals surface area contributed by atoms with Crippen molar-refractivity contribution in [2.24, 2.45) is 5.41 Å². The zero-order chi connectivity index (χ0) is 20.9. The first-order valence-electron chi connectivity index (χ1n) is 9.18. The summed E-state index contributed by atoms with van der Waals surface area (Å²) in [6.45, 7) is 8.09. The summed E-state index contributed by atoms with van der Waals surface area (Å²) in [5.41, 5.74) is 1.32. The van der Waals surface area contributed by atoms with Gasteiger partial charge in [0.05, 0.1) is 12.3 Å². The standard InChI is InChI=1S/C22H27NO5/c1-14-9-10-15(2)18(13-14)28-12-6-11-22(3,4)21(27)23-17-8-5-7-16(19(17)24)20(25)26/h5,7-10,13,24H,6,11-12H2,1-4H3,(H,23,27)(H,25,26). The number of rotatable bonds is 8. The van der Waals surface area contributed by atoms with E-state index in [1.807, 2.05) is 32.0 Å². The van der Waals surface area contributed by atoms with E-state index in [1.54, 1.807) is 13.8 Å². The Morgan fingerprint density at radius 3 is 2.54 bits per heavy atom. The van der Waals surface area contributed by atoms with Crippen LogP contribution in [0.25, 0.3) is 0 Å². The smallest absolute Gasteiger partial charge is 0.339 e. The van der Waals surface area contributed by atoms with Gasteiger partial charge in [-0.2, -0.15) is 0 Å². The van der Waals surface area contributed by atoms with Crippen LogP contribution < -0.4 is 10.1 Å². The molecule has 2 rings (SSSR count). The van der Waals surface area contributed by atoms with Crippen LogP contribution in [0, 0.1) is 19.3 Å². The minimum atomic E-state index is -1.25. The molecule has 0 spiro atoms. The van der Waals surface area contributed by atoms with Crippen LogP contribution in [0.3, 0.4) is 0 Å². The molecule has 0 saturated heterocycles. The number of ether oxygens (including phenoxy) is 1. The Morgan fingerprint density at radius 1 is 1.14 bits per heavy atom. The van der Waals surface area contributed by atoms with Gasteiger partial charge in [0.1, 0.15) is 11.3 Å². The molecule has 150 valence electrons. The fourth-order valence-corrected chi connectivity index (χ4v) is 2.78. The van der Waals surface area contributed by atoms with Crippen LogP contribution >= 0.6 is 0 Å². The van der Waals surface area contributed by atoms with Crippen molar-refractivity contribution in [2.45, 2.75) is 40.5 Å². The highest BCUT2D eigenvalue weighted by Gasteiger charge is 2.28. The molecule has 0 aliphatic carbocycles. The number of para-hydroxylation sites is 1. The van der Waals surface area contributed by atoms with Gasteiger partial charge in [-0.15, -0.1) is 0 Å². The zero-order valence-electron chi connectivity index (χ0n) is 16.7. The molecule has 2 aromatic carbocycles. The van der Waals surface area contributed by atoms with E-state index in [2.05, 4.69) is 5.32 Å². The molecule has 6 heteroatoms. The van der Waals surface area contributed by atoms with Gasteiger partial charge in [-0.3, -0.25) is 4.79 Å². The Hall–Kier alpha value is -3.02. The molecule has 0 aromatic heterocycles. The Morgan fingerprint density at radius 2 is 1.86 bits per heavy atom. The van der Waals surface area contributed by atoms with Gasteiger partial charge in [0.2, 0.25) is 5.91 Å². The second-order valence-electron chi connectivity index (χ2n) is 7.57. The van der Waals surface area contributed by atoms with Gasteiger partial charge >= 0.3 is 5.97 Å². The minimum absolute atomic E-state index is 0.0876. The fraction of sp³-hybridized carbons (Fsp3) is 0.364. The van der Waals surface area contributed by atoms with Crippen LogP contribution in [-0.2, 0) is 4.79 Å². The molecule has 0 saturated carbocycles. The molecule has 0 atom stereocenters. The van der Waals surface area contributed by atoms with Gasteiger partial charge in [-0.05, 0) is 56.0 Å². The summed E-state index contributed by atoms with van der Waals surface area (Å²) in [5.74, 6) is -1.15. The van der Waals surface area contributed by atoms with Crippen LogP contribution in [-0.4, -0.2) is 28.7 Å². The number of anilines is 1. The zero-order valence-corrected chi connectivity index (χ0v) is 16.7. The fourth-order valence-electron chi connectivity index (χ4n) is 2.78. The molecular formula is C22H27NO5. The molecule has 0 fully saturated rings. The number of amides is 1. The van der Waals surface area contributed by atoms with Gasteiger partial charge in [-0.25, -0.2) is 4.79 Å². The van der Waals surface area contributed by atoms with Gasteiger partial charge < -0.3 is 20.3 Å². The quantitative estimate of drug-likeness (QED) is 0.458. The van der Waals surface area contributed by atoms with Gasteiger partial charge in [0.25, 0.3) is 0 Å².